The lowest BCUT2D eigenvalue weighted by atomic mass is 10.1. The van der Waals surface area contributed by atoms with Crippen molar-refractivity contribution in [3.63, 3.8) is 0 Å². The smallest absolute Gasteiger partial charge is 0.242 e. The zero-order chi connectivity index (χ0) is 13.4. The fourth-order valence-corrected chi connectivity index (χ4v) is 2.54. The van der Waals surface area contributed by atoms with Crippen molar-refractivity contribution in [1.29, 1.82) is 0 Å². The van der Waals surface area contributed by atoms with Crippen LogP contribution < -0.4 is 10.2 Å². The van der Waals surface area contributed by atoms with Crippen LogP contribution in [0.5, 0.6) is 0 Å². The summed E-state index contributed by atoms with van der Waals surface area (Å²) < 4.78 is 0. The molecule has 1 amide bonds. The third-order valence-corrected chi connectivity index (χ3v) is 3.67. The van der Waals surface area contributed by atoms with Gasteiger partial charge in [-0.25, -0.2) is 0 Å². The number of nitrogens with zero attached hydrogens (tertiary/aromatic N) is 3. The Morgan fingerprint density at radius 2 is 2.05 bits per heavy atom. The lowest BCUT2D eigenvalue weighted by molar-refractivity contribution is -0.122. The Balaban J connectivity index is 2.15. The molecule has 0 bridgehead atoms. The third kappa shape index (κ3) is 2.00. The number of amides is 1. The van der Waals surface area contributed by atoms with Crippen LogP contribution in [0.2, 0.25) is 5.15 Å². The second kappa shape index (κ2) is 4.66. The summed E-state index contributed by atoms with van der Waals surface area (Å²) in [6, 6.07) is 7.44. The number of carbonyl (C=O) groups is 1. The molecule has 19 heavy (non-hydrogen) atoms. The van der Waals surface area contributed by atoms with Crippen LogP contribution in [0, 0.1) is 0 Å². The number of fused-ring (bicyclic) bond motifs is 1. The Labute approximate surface area is 115 Å². The molecule has 1 aromatic heterocycles. The van der Waals surface area contributed by atoms with Gasteiger partial charge < -0.3 is 10.2 Å². The minimum atomic E-state index is -0.257. The first-order chi connectivity index (χ1) is 9.18. The van der Waals surface area contributed by atoms with Crippen LogP contribution >= 0.6 is 11.6 Å². The molecule has 3 rings (SSSR count). The molecule has 1 N–H and O–H groups in total. The van der Waals surface area contributed by atoms with Gasteiger partial charge in [0.1, 0.15) is 6.04 Å². The van der Waals surface area contributed by atoms with Crippen LogP contribution in [0.25, 0.3) is 10.8 Å². The molecule has 0 spiro atoms. The molecule has 1 aliphatic rings. The molecule has 1 aromatic carbocycles. The first-order valence-electron chi connectivity index (χ1n) is 6.14. The first-order valence-corrected chi connectivity index (χ1v) is 6.51. The van der Waals surface area contributed by atoms with Gasteiger partial charge in [0.05, 0.1) is 0 Å². The number of piperazine rings is 1. The molecular formula is C13H13ClN4O. The zero-order valence-corrected chi connectivity index (χ0v) is 11.2. The molecule has 2 heterocycles. The molecule has 5 nitrogen and oxygen atoms in total. The van der Waals surface area contributed by atoms with Gasteiger partial charge in [-0.3, -0.25) is 4.79 Å². The fraction of sp³-hybridized carbons (Fsp3) is 0.308. The van der Waals surface area contributed by atoms with E-state index in [0.29, 0.717) is 24.1 Å². The number of hydrogen-bond donors (Lipinski definition) is 1. The van der Waals surface area contributed by atoms with Crippen molar-refractivity contribution in [2.24, 2.45) is 0 Å². The second-order valence-corrected chi connectivity index (χ2v) is 4.88. The lowest BCUT2D eigenvalue weighted by Gasteiger charge is -2.34. The highest BCUT2D eigenvalue weighted by molar-refractivity contribution is 6.34. The number of hydrogen-bond acceptors (Lipinski definition) is 4. The maximum absolute atomic E-state index is 11.8. The van der Waals surface area contributed by atoms with E-state index in [4.69, 9.17) is 11.6 Å². The Morgan fingerprint density at radius 1 is 1.32 bits per heavy atom. The zero-order valence-electron chi connectivity index (χ0n) is 10.4. The summed E-state index contributed by atoms with van der Waals surface area (Å²) in [6.45, 7) is 3.19. The summed E-state index contributed by atoms with van der Waals surface area (Å²) in [6.07, 6.45) is 0. The number of anilines is 1. The van der Waals surface area contributed by atoms with Crippen LogP contribution in [-0.2, 0) is 4.79 Å². The maximum atomic E-state index is 11.8. The quantitative estimate of drug-likeness (QED) is 0.860. The molecule has 0 aliphatic carbocycles. The van der Waals surface area contributed by atoms with Gasteiger partial charge in [-0.05, 0) is 6.92 Å². The van der Waals surface area contributed by atoms with Crippen molar-refractivity contribution < 1.29 is 4.79 Å². The SMILES string of the molecule is CC1C(=O)NCCN1c1nnc(Cl)c2ccccc12. The van der Waals surface area contributed by atoms with Gasteiger partial charge in [0.15, 0.2) is 11.0 Å². The molecule has 1 atom stereocenters. The van der Waals surface area contributed by atoms with Gasteiger partial charge in [0, 0.05) is 23.9 Å². The summed E-state index contributed by atoms with van der Waals surface area (Å²) in [5.74, 6) is 0.717. The topological polar surface area (TPSA) is 58.1 Å². The third-order valence-electron chi connectivity index (χ3n) is 3.39. The van der Waals surface area contributed by atoms with Crippen LogP contribution in [0.3, 0.4) is 0 Å². The summed E-state index contributed by atoms with van der Waals surface area (Å²) in [4.78, 5) is 13.7. The number of aromatic nitrogens is 2. The standard InChI is InChI=1S/C13H13ClN4O/c1-8-13(19)15-6-7-18(8)12-10-5-3-2-4-9(10)11(14)16-17-12/h2-5,8H,6-7H2,1H3,(H,15,19). The Kier molecular flexibility index (Phi) is 2.98. The van der Waals surface area contributed by atoms with E-state index in [1.807, 2.05) is 36.1 Å². The summed E-state index contributed by atoms with van der Waals surface area (Å²) in [5, 5.41) is 13.2. The predicted octanol–water partition coefficient (Wildman–Crippen LogP) is 1.61. The Hall–Kier alpha value is -1.88. The normalized spacial score (nSPS) is 19.6. The predicted molar refractivity (Wildman–Crippen MR) is 74.4 cm³/mol. The van der Waals surface area contributed by atoms with E-state index in [-0.39, 0.29) is 11.9 Å². The molecule has 1 fully saturated rings. The van der Waals surface area contributed by atoms with Gasteiger partial charge in [-0.2, -0.15) is 0 Å². The number of benzene rings is 1. The average Bonchev–Trinajstić information content (AvgIpc) is 2.43. The van der Waals surface area contributed by atoms with Crippen LogP contribution in [0.4, 0.5) is 5.82 Å². The van der Waals surface area contributed by atoms with Crippen LogP contribution in [0.15, 0.2) is 24.3 Å². The van der Waals surface area contributed by atoms with Crippen molar-refractivity contribution in [2.45, 2.75) is 13.0 Å². The van der Waals surface area contributed by atoms with Crippen molar-refractivity contribution in [1.82, 2.24) is 15.5 Å². The van der Waals surface area contributed by atoms with E-state index in [0.717, 1.165) is 10.8 Å². The van der Waals surface area contributed by atoms with E-state index in [2.05, 4.69) is 15.5 Å². The second-order valence-electron chi connectivity index (χ2n) is 4.52. The molecular weight excluding hydrogens is 264 g/mol. The number of halogens is 1. The lowest BCUT2D eigenvalue weighted by Crippen LogP contribution is -2.54. The molecule has 1 saturated heterocycles. The highest BCUT2D eigenvalue weighted by Gasteiger charge is 2.28. The summed E-state index contributed by atoms with van der Waals surface area (Å²) >= 11 is 6.06. The minimum Gasteiger partial charge on any atom is -0.353 e. The largest absolute Gasteiger partial charge is 0.353 e. The van der Waals surface area contributed by atoms with Gasteiger partial charge >= 0.3 is 0 Å². The Morgan fingerprint density at radius 3 is 2.84 bits per heavy atom. The van der Waals surface area contributed by atoms with Crippen molar-refractivity contribution in [3.05, 3.63) is 29.4 Å². The molecule has 98 valence electrons. The van der Waals surface area contributed by atoms with Crippen LogP contribution in [0.1, 0.15) is 6.92 Å². The molecule has 6 heteroatoms. The molecule has 0 radical (unpaired) electrons. The molecule has 2 aromatic rings. The van der Waals surface area contributed by atoms with Crippen LogP contribution in [-0.4, -0.2) is 35.2 Å². The average molecular weight is 277 g/mol. The molecule has 1 unspecified atom stereocenters. The molecule has 1 aliphatic heterocycles. The number of rotatable bonds is 1. The van der Waals surface area contributed by atoms with Crippen molar-refractivity contribution >= 4 is 34.1 Å². The van der Waals surface area contributed by atoms with Crippen molar-refractivity contribution in [2.75, 3.05) is 18.0 Å². The van der Waals surface area contributed by atoms with E-state index < -0.39 is 0 Å². The summed E-state index contributed by atoms with van der Waals surface area (Å²) in [5.41, 5.74) is 0. The molecule has 0 saturated carbocycles. The minimum absolute atomic E-state index is 0.00656. The fourth-order valence-electron chi connectivity index (χ4n) is 2.34. The van der Waals surface area contributed by atoms with E-state index in [1.165, 1.54) is 0 Å². The number of nitrogens with one attached hydrogen (secondary N) is 1. The Bertz CT molecular complexity index is 646. The van der Waals surface area contributed by atoms with E-state index >= 15 is 0 Å². The maximum Gasteiger partial charge on any atom is 0.242 e. The first kappa shape index (κ1) is 12.2. The summed E-state index contributed by atoms with van der Waals surface area (Å²) in [7, 11) is 0. The van der Waals surface area contributed by atoms with Gasteiger partial charge in [-0.1, -0.05) is 35.9 Å². The van der Waals surface area contributed by atoms with E-state index in [1.54, 1.807) is 0 Å². The van der Waals surface area contributed by atoms with E-state index in [9.17, 15) is 4.79 Å². The monoisotopic (exact) mass is 276 g/mol. The van der Waals surface area contributed by atoms with Gasteiger partial charge in [0.2, 0.25) is 5.91 Å². The van der Waals surface area contributed by atoms with Gasteiger partial charge in [0.25, 0.3) is 0 Å². The van der Waals surface area contributed by atoms with Gasteiger partial charge in [-0.15, -0.1) is 10.2 Å². The highest BCUT2D eigenvalue weighted by atomic mass is 35.5. The number of carbonyl (C=O) groups excluding carboxylic acids is 1. The van der Waals surface area contributed by atoms with Crippen molar-refractivity contribution in [3.8, 4) is 0 Å². The highest BCUT2D eigenvalue weighted by Crippen LogP contribution is 2.29.